The Balaban J connectivity index is 1.62. The van der Waals surface area contributed by atoms with Crippen molar-refractivity contribution in [2.24, 2.45) is 5.92 Å². The second kappa shape index (κ2) is 5.72. The molecule has 0 radical (unpaired) electrons. The van der Waals surface area contributed by atoms with E-state index in [9.17, 15) is 0 Å². The van der Waals surface area contributed by atoms with Crippen molar-refractivity contribution in [3.8, 4) is 0 Å². The molecule has 0 spiro atoms. The van der Waals surface area contributed by atoms with Crippen LogP contribution < -0.4 is 5.32 Å². The largest absolute Gasteiger partial charge is 0.377 e. The zero-order valence-corrected chi connectivity index (χ0v) is 9.13. The number of ether oxygens (including phenoxy) is 1. The Bertz CT molecular complexity index is 146. The Hall–Kier alpha value is -0.0800. The van der Waals surface area contributed by atoms with Crippen LogP contribution in [-0.4, -0.2) is 25.8 Å². The lowest BCUT2D eigenvalue weighted by Crippen LogP contribution is -2.20. The lowest BCUT2D eigenvalue weighted by atomic mass is 10.0. The van der Waals surface area contributed by atoms with Gasteiger partial charge in [0.1, 0.15) is 0 Å². The molecule has 0 bridgehead atoms. The maximum absolute atomic E-state index is 5.94. The molecule has 2 aliphatic rings. The van der Waals surface area contributed by atoms with Crippen LogP contribution in [0.15, 0.2) is 0 Å². The maximum atomic E-state index is 5.94. The fraction of sp³-hybridized carbons (Fsp3) is 1.00. The molecule has 1 atom stereocenters. The first-order chi connectivity index (χ1) is 6.95. The van der Waals surface area contributed by atoms with Gasteiger partial charge in [-0.2, -0.15) is 0 Å². The molecule has 2 nitrogen and oxygen atoms in total. The van der Waals surface area contributed by atoms with Gasteiger partial charge < -0.3 is 10.1 Å². The quantitative estimate of drug-likeness (QED) is 0.701. The topological polar surface area (TPSA) is 21.3 Å². The lowest BCUT2D eigenvalue weighted by molar-refractivity contribution is 0.0375. The molecule has 1 unspecified atom stereocenters. The van der Waals surface area contributed by atoms with Crippen LogP contribution in [0, 0.1) is 5.92 Å². The zero-order chi connectivity index (χ0) is 9.64. The molecule has 0 aromatic heterocycles. The van der Waals surface area contributed by atoms with Gasteiger partial charge in [-0.1, -0.05) is 25.7 Å². The van der Waals surface area contributed by atoms with E-state index in [2.05, 4.69) is 5.32 Å². The predicted octanol–water partition coefficient (Wildman–Crippen LogP) is 2.34. The summed E-state index contributed by atoms with van der Waals surface area (Å²) >= 11 is 0. The van der Waals surface area contributed by atoms with E-state index >= 15 is 0 Å². The SMILES string of the molecule is C1CCCC(COC2CCNC2)CC1. The normalized spacial score (nSPS) is 30.4. The van der Waals surface area contributed by atoms with Crippen molar-refractivity contribution >= 4 is 0 Å². The first kappa shape index (κ1) is 10.4. The third-order valence-electron chi connectivity index (χ3n) is 3.56. The highest BCUT2D eigenvalue weighted by Crippen LogP contribution is 2.23. The Kier molecular flexibility index (Phi) is 4.26. The highest BCUT2D eigenvalue weighted by molar-refractivity contribution is 4.72. The summed E-state index contributed by atoms with van der Waals surface area (Å²) in [5.41, 5.74) is 0. The van der Waals surface area contributed by atoms with Crippen LogP contribution in [0.25, 0.3) is 0 Å². The predicted molar refractivity (Wildman–Crippen MR) is 58.4 cm³/mol. The molecule has 1 saturated carbocycles. The summed E-state index contributed by atoms with van der Waals surface area (Å²) in [6.45, 7) is 3.24. The second-order valence-electron chi connectivity index (χ2n) is 4.81. The van der Waals surface area contributed by atoms with Gasteiger partial charge in [-0.05, 0) is 31.7 Å². The Morgan fingerprint density at radius 3 is 2.43 bits per heavy atom. The van der Waals surface area contributed by atoms with E-state index in [0.29, 0.717) is 6.10 Å². The molecule has 2 heteroatoms. The number of nitrogens with one attached hydrogen (secondary N) is 1. The molecule has 2 fully saturated rings. The number of hydrogen-bond acceptors (Lipinski definition) is 2. The number of rotatable bonds is 3. The van der Waals surface area contributed by atoms with Gasteiger partial charge in [0.25, 0.3) is 0 Å². The third kappa shape index (κ3) is 3.25. The first-order valence-electron chi connectivity index (χ1n) is 6.27. The van der Waals surface area contributed by atoms with E-state index in [1.54, 1.807) is 0 Å². The van der Waals surface area contributed by atoms with Crippen LogP contribution >= 0.6 is 0 Å². The fourth-order valence-corrected chi connectivity index (χ4v) is 2.57. The molecular formula is C12H23NO. The summed E-state index contributed by atoms with van der Waals surface area (Å²) in [5, 5.41) is 3.35. The van der Waals surface area contributed by atoms with E-state index in [0.717, 1.165) is 25.6 Å². The molecule has 1 heterocycles. The Morgan fingerprint density at radius 2 is 1.79 bits per heavy atom. The van der Waals surface area contributed by atoms with Crippen molar-refractivity contribution in [3.63, 3.8) is 0 Å². The van der Waals surface area contributed by atoms with Crippen molar-refractivity contribution in [1.82, 2.24) is 5.32 Å². The van der Waals surface area contributed by atoms with Gasteiger partial charge in [-0.3, -0.25) is 0 Å². The highest BCUT2D eigenvalue weighted by Gasteiger charge is 2.18. The fourth-order valence-electron chi connectivity index (χ4n) is 2.57. The molecule has 14 heavy (non-hydrogen) atoms. The average Bonchev–Trinajstić information content (AvgIpc) is 2.58. The summed E-state index contributed by atoms with van der Waals surface area (Å²) < 4.78 is 5.94. The van der Waals surface area contributed by atoms with Gasteiger partial charge in [0.2, 0.25) is 0 Å². The minimum absolute atomic E-state index is 0.512. The zero-order valence-electron chi connectivity index (χ0n) is 9.13. The van der Waals surface area contributed by atoms with Crippen LogP contribution in [0.5, 0.6) is 0 Å². The monoisotopic (exact) mass is 197 g/mol. The summed E-state index contributed by atoms with van der Waals surface area (Å²) in [6, 6.07) is 0. The summed E-state index contributed by atoms with van der Waals surface area (Å²) in [4.78, 5) is 0. The lowest BCUT2D eigenvalue weighted by Gasteiger charge is -2.17. The van der Waals surface area contributed by atoms with Crippen LogP contribution in [-0.2, 0) is 4.74 Å². The van der Waals surface area contributed by atoms with Gasteiger partial charge in [0.15, 0.2) is 0 Å². The van der Waals surface area contributed by atoms with E-state index < -0.39 is 0 Å². The molecule has 1 aliphatic carbocycles. The first-order valence-corrected chi connectivity index (χ1v) is 6.27. The summed E-state index contributed by atoms with van der Waals surface area (Å²) in [5.74, 6) is 0.859. The van der Waals surface area contributed by atoms with E-state index in [1.165, 1.54) is 44.9 Å². The second-order valence-corrected chi connectivity index (χ2v) is 4.81. The highest BCUT2D eigenvalue weighted by atomic mass is 16.5. The van der Waals surface area contributed by atoms with Crippen molar-refractivity contribution in [2.75, 3.05) is 19.7 Å². The molecule has 0 aromatic carbocycles. The van der Waals surface area contributed by atoms with E-state index in [1.807, 2.05) is 0 Å². The van der Waals surface area contributed by atoms with E-state index in [-0.39, 0.29) is 0 Å². The van der Waals surface area contributed by atoms with Crippen molar-refractivity contribution in [2.45, 2.75) is 51.0 Å². The maximum Gasteiger partial charge on any atom is 0.0711 e. The van der Waals surface area contributed by atoms with Crippen LogP contribution in [0.3, 0.4) is 0 Å². The Labute approximate surface area is 87.4 Å². The molecule has 0 amide bonds. The van der Waals surface area contributed by atoms with E-state index in [4.69, 9.17) is 4.74 Å². The molecule has 1 N–H and O–H groups in total. The minimum Gasteiger partial charge on any atom is -0.377 e. The molecule has 1 saturated heterocycles. The summed E-state index contributed by atoms with van der Waals surface area (Å²) in [7, 11) is 0. The summed E-state index contributed by atoms with van der Waals surface area (Å²) in [6.07, 6.45) is 10.3. The van der Waals surface area contributed by atoms with Gasteiger partial charge in [-0.15, -0.1) is 0 Å². The van der Waals surface area contributed by atoms with Gasteiger partial charge in [-0.25, -0.2) is 0 Å². The van der Waals surface area contributed by atoms with Gasteiger partial charge >= 0.3 is 0 Å². The van der Waals surface area contributed by atoms with Crippen molar-refractivity contribution in [3.05, 3.63) is 0 Å². The number of hydrogen-bond donors (Lipinski definition) is 1. The molecule has 2 rings (SSSR count). The van der Waals surface area contributed by atoms with Crippen LogP contribution in [0.1, 0.15) is 44.9 Å². The molecule has 0 aromatic rings. The standard InChI is InChI=1S/C12H23NO/c1-2-4-6-11(5-3-1)10-14-12-7-8-13-9-12/h11-13H,1-10H2. The van der Waals surface area contributed by atoms with Crippen molar-refractivity contribution in [1.29, 1.82) is 0 Å². The third-order valence-corrected chi connectivity index (χ3v) is 3.56. The van der Waals surface area contributed by atoms with Crippen LogP contribution in [0.2, 0.25) is 0 Å². The Morgan fingerprint density at radius 1 is 1.00 bits per heavy atom. The minimum atomic E-state index is 0.512. The van der Waals surface area contributed by atoms with Gasteiger partial charge in [0.05, 0.1) is 6.10 Å². The molecular weight excluding hydrogens is 174 g/mol. The molecule has 82 valence electrons. The van der Waals surface area contributed by atoms with Gasteiger partial charge in [0, 0.05) is 13.2 Å². The molecule has 1 aliphatic heterocycles. The van der Waals surface area contributed by atoms with Crippen molar-refractivity contribution < 1.29 is 4.74 Å². The van der Waals surface area contributed by atoms with Crippen LogP contribution in [0.4, 0.5) is 0 Å². The average molecular weight is 197 g/mol. The smallest absolute Gasteiger partial charge is 0.0711 e.